The van der Waals surface area contributed by atoms with E-state index < -0.39 is 0 Å². The molecule has 0 spiro atoms. The first-order valence-electron chi connectivity index (χ1n) is 11.1. The van der Waals surface area contributed by atoms with Crippen LogP contribution >= 0.6 is 11.3 Å². The maximum atomic E-state index is 12.3. The fraction of sp³-hybridized carbons (Fsp3) is 0.214. The minimum atomic E-state index is -0.0108. The minimum Gasteiger partial charge on any atom is -0.493 e. The number of rotatable bonds is 8. The van der Waals surface area contributed by atoms with Gasteiger partial charge in [0.05, 0.1) is 12.3 Å². The van der Waals surface area contributed by atoms with Crippen LogP contribution in [0.15, 0.2) is 72.1 Å². The average Bonchev–Trinajstić information content (AvgIpc) is 3.29. The Kier molecular flexibility index (Phi) is 7.20. The van der Waals surface area contributed by atoms with Crippen LogP contribution in [-0.2, 0) is 4.79 Å². The summed E-state index contributed by atoms with van der Waals surface area (Å²) in [6.45, 7) is 6.69. The number of carbonyl (C=O) groups excluding carboxylic acids is 1. The third-order valence-corrected chi connectivity index (χ3v) is 6.42. The lowest BCUT2D eigenvalue weighted by Crippen LogP contribution is -2.13. The van der Waals surface area contributed by atoms with Crippen molar-refractivity contribution in [3.63, 3.8) is 0 Å². The van der Waals surface area contributed by atoms with E-state index in [0.29, 0.717) is 19.4 Å². The SMILES string of the molecule is Cc1ccccc1-c1nc(-c2ccc(NC(=O)CCCOc3c(C)cccc3C)cc2)cs1. The number of hydrogen-bond donors (Lipinski definition) is 1. The molecule has 4 rings (SSSR count). The zero-order chi connectivity index (χ0) is 23.2. The highest BCUT2D eigenvalue weighted by Crippen LogP contribution is 2.31. The molecule has 0 unspecified atom stereocenters. The van der Waals surface area contributed by atoms with Crippen molar-refractivity contribution >= 4 is 22.9 Å². The molecule has 1 amide bonds. The van der Waals surface area contributed by atoms with Gasteiger partial charge in [-0.25, -0.2) is 4.98 Å². The van der Waals surface area contributed by atoms with E-state index >= 15 is 0 Å². The normalized spacial score (nSPS) is 10.8. The van der Waals surface area contributed by atoms with Gasteiger partial charge in [-0.3, -0.25) is 4.79 Å². The maximum Gasteiger partial charge on any atom is 0.224 e. The maximum absolute atomic E-state index is 12.3. The molecule has 4 nitrogen and oxygen atoms in total. The van der Waals surface area contributed by atoms with Gasteiger partial charge in [-0.05, 0) is 56.0 Å². The Labute approximate surface area is 199 Å². The van der Waals surface area contributed by atoms with Crippen molar-refractivity contribution in [2.75, 3.05) is 11.9 Å². The molecule has 0 bridgehead atoms. The van der Waals surface area contributed by atoms with Crippen LogP contribution in [0, 0.1) is 20.8 Å². The van der Waals surface area contributed by atoms with Gasteiger partial charge in [0.25, 0.3) is 0 Å². The number of anilines is 1. The Bertz CT molecular complexity index is 1220. The molecule has 3 aromatic carbocycles. The molecule has 5 heteroatoms. The Balaban J connectivity index is 1.29. The van der Waals surface area contributed by atoms with Crippen molar-refractivity contribution in [1.82, 2.24) is 4.98 Å². The van der Waals surface area contributed by atoms with Crippen LogP contribution in [0.25, 0.3) is 21.8 Å². The van der Waals surface area contributed by atoms with Crippen LogP contribution < -0.4 is 10.1 Å². The number of aromatic nitrogens is 1. The highest BCUT2D eigenvalue weighted by Gasteiger charge is 2.10. The molecule has 0 atom stereocenters. The zero-order valence-corrected chi connectivity index (χ0v) is 20.0. The van der Waals surface area contributed by atoms with Crippen LogP contribution in [0.3, 0.4) is 0 Å². The Morgan fingerprint density at radius 2 is 1.61 bits per heavy atom. The topological polar surface area (TPSA) is 51.2 Å². The van der Waals surface area contributed by atoms with Gasteiger partial charge in [0.2, 0.25) is 5.91 Å². The Hall–Kier alpha value is -3.44. The van der Waals surface area contributed by atoms with Crippen molar-refractivity contribution in [3.05, 3.63) is 88.8 Å². The van der Waals surface area contributed by atoms with Crippen LogP contribution in [0.4, 0.5) is 5.69 Å². The summed E-state index contributed by atoms with van der Waals surface area (Å²) in [5, 5.41) is 6.06. The molecule has 4 aromatic rings. The number of aryl methyl sites for hydroxylation is 3. The first-order valence-corrected chi connectivity index (χ1v) is 12.0. The second kappa shape index (κ2) is 10.5. The van der Waals surface area contributed by atoms with E-state index in [1.54, 1.807) is 11.3 Å². The van der Waals surface area contributed by atoms with Gasteiger partial charge in [0.1, 0.15) is 10.8 Å². The fourth-order valence-corrected chi connectivity index (χ4v) is 4.64. The van der Waals surface area contributed by atoms with Gasteiger partial charge >= 0.3 is 0 Å². The fourth-order valence-electron chi connectivity index (χ4n) is 3.72. The van der Waals surface area contributed by atoms with E-state index in [-0.39, 0.29) is 5.91 Å². The smallest absolute Gasteiger partial charge is 0.224 e. The summed E-state index contributed by atoms with van der Waals surface area (Å²) in [5.74, 6) is 0.907. The predicted octanol–water partition coefficient (Wildman–Crippen LogP) is 7.20. The highest BCUT2D eigenvalue weighted by atomic mass is 32.1. The number of thiazole rings is 1. The molecule has 1 aromatic heterocycles. The summed E-state index contributed by atoms with van der Waals surface area (Å²) >= 11 is 1.65. The van der Waals surface area contributed by atoms with E-state index in [2.05, 4.69) is 29.8 Å². The first kappa shape index (κ1) is 22.7. The summed E-state index contributed by atoms with van der Waals surface area (Å²) in [7, 11) is 0. The third-order valence-electron chi connectivity index (χ3n) is 5.55. The summed E-state index contributed by atoms with van der Waals surface area (Å²) in [6, 6.07) is 22.2. The minimum absolute atomic E-state index is 0.0108. The van der Waals surface area contributed by atoms with Gasteiger partial charge < -0.3 is 10.1 Å². The van der Waals surface area contributed by atoms with Crippen LogP contribution in [-0.4, -0.2) is 17.5 Å². The number of nitrogens with one attached hydrogen (secondary N) is 1. The second-order valence-electron chi connectivity index (χ2n) is 8.15. The van der Waals surface area contributed by atoms with Crippen molar-refractivity contribution in [3.8, 4) is 27.6 Å². The average molecular weight is 457 g/mol. The van der Waals surface area contributed by atoms with Gasteiger partial charge in [-0.15, -0.1) is 11.3 Å². The Morgan fingerprint density at radius 3 is 2.33 bits per heavy atom. The quantitative estimate of drug-likeness (QED) is 0.285. The van der Waals surface area contributed by atoms with Crippen LogP contribution in [0.2, 0.25) is 0 Å². The molecular weight excluding hydrogens is 428 g/mol. The Morgan fingerprint density at radius 1 is 0.909 bits per heavy atom. The summed E-state index contributed by atoms with van der Waals surface area (Å²) in [6.07, 6.45) is 1.08. The van der Waals surface area contributed by atoms with Gasteiger partial charge in [-0.2, -0.15) is 0 Å². The number of para-hydroxylation sites is 1. The molecule has 33 heavy (non-hydrogen) atoms. The molecule has 1 heterocycles. The van der Waals surface area contributed by atoms with Crippen molar-refractivity contribution in [1.29, 1.82) is 0 Å². The third kappa shape index (κ3) is 5.68. The van der Waals surface area contributed by atoms with E-state index in [0.717, 1.165) is 38.8 Å². The van der Waals surface area contributed by atoms with Gasteiger partial charge in [0, 0.05) is 28.6 Å². The van der Waals surface area contributed by atoms with Crippen LogP contribution in [0.5, 0.6) is 5.75 Å². The summed E-state index contributed by atoms with van der Waals surface area (Å²) in [5.41, 5.74) is 7.38. The number of hydrogen-bond acceptors (Lipinski definition) is 4. The standard InChI is InChI=1S/C28H28N2O2S/c1-19-8-4-5-11-24(19)28-30-25(18-33-28)22-13-15-23(16-14-22)29-26(31)12-7-17-32-27-20(2)9-6-10-21(27)3/h4-6,8-11,13-16,18H,7,12,17H2,1-3H3,(H,29,31). The molecule has 0 fully saturated rings. The number of amides is 1. The largest absolute Gasteiger partial charge is 0.493 e. The summed E-state index contributed by atoms with van der Waals surface area (Å²) in [4.78, 5) is 17.1. The molecule has 1 N–H and O–H groups in total. The zero-order valence-electron chi connectivity index (χ0n) is 19.2. The monoisotopic (exact) mass is 456 g/mol. The molecule has 0 aliphatic heterocycles. The van der Waals surface area contributed by atoms with E-state index in [4.69, 9.17) is 9.72 Å². The highest BCUT2D eigenvalue weighted by molar-refractivity contribution is 7.13. The molecule has 0 aliphatic carbocycles. The van der Waals surface area contributed by atoms with E-state index in [1.807, 2.05) is 68.4 Å². The van der Waals surface area contributed by atoms with Crippen molar-refractivity contribution < 1.29 is 9.53 Å². The molecule has 0 aliphatic rings. The van der Waals surface area contributed by atoms with E-state index in [9.17, 15) is 4.79 Å². The lowest BCUT2D eigenvalue weighted by Gasteiger charge is -2.12. The second-order valence-corrected chi connectivity index (χ2v) is 9.01. The molecular formula is C28H28N2O2S. The number of nitrogens with zero attached hydrogens (tertiary/aromatic N) is 1. The number of carbonyl (C=O) groups is 1. The number of ether oxygens (including phenoxy) is 1. The van der Waals surface area contributed by atoms with Crippen LogP contribution in [0.1, 0.15) is 29.5 Å². The summed E-state index contributed by atoms with van der Waals surface area (Å²) < 4.78 is 5.89. The molecule has 168 valence electrons. The van der Waals surface area contributed by atoms with Crippen molar-refractivity contribution in [2.24, 2.45) is 0 Å². The predicted molar refractivity (Wildman–Crippen MR) is 137 cm³/mol. The number of benzene rings is 3. The van der Waals surface area contributed by atoms with Gasteiger partial charge in [0.15, 0.2) is 0 Å². The first-order chi connectivity index (χ1) is 16.0. The lowest BCUT2D eigenvalue weighted by molar-refractivity contribution is -0.116. The molecule has 0 saturated heterocycles. The van der Waals surface area contributed by atoms with Crippen molar-refractivity contribution in [2.45, 2.75) is 33.6 Å². The molecule has 0 saturated carbocycles. The van der Waals surface area contributed by atoms with Gasteiger partial charge in [-0.1, -0.05) is 54.6 Å². The van der Waals surface area contributed by atoms with E-state index in [1.165, 1.54) is 11.1 Å². The molecule has 0 radical (unpaired) electrons. The lowest BCUT2D eigenvalue weighted by atomic mass is 10.1.